The van der Waals surface area contributed by atoms with Gasteiger partial charge in [0.1, 0.15) is 11.4 Å². The Morgan fingerprint density at radius 3 is 2.89 bits per heavy atom. The van der Waals surface area contributed by atoms with Crippen LogP contribution in [0.15, 0.2) is 41.0 Å². The second-order valence-corrected chi connectivity index (χ2v) is 4.55. The first-order valence-electron chi connectivity index (χ1n) is 5.41. The molecule has 0 bridgehead atoms. The van der Waals surface area contributed by atoms with Crippen molar-refractivity contribution in [2.45, 2.75) is 0 Å². The van der Waals surface area contributed by atoms with Crippen LogP contribution < -0.4 is 10.1 Å². The molecule has 0 atom stereocenters. The molecule has 0 saturated heterocycles. The standard InChI is InChI=1S/C13H10BrFN2O2/c1-16-13(18)11-7-9(4-5-17-11)19-12-6-8(14)2-3-10(12)15/h2-7H,1H3,(H,16,18). The van der Waals surface area contributed by atoms with Crippen LogP contribution in [0.1, 0.15) is 10.5 Å². The van der Waals surface area contributed by atoms with Crippen LogP contribution in [0.4, 0.5) is 4.39 Å². The summed E-state index contributed by atoms with van der Waals surface area (Å²) < 4.78 is 19.6. The molecule has 0 unspecified atom stereocenters. The van der Waals surface area contributed by atoms with E-state index in [1.807, 2.05) is 0 Å². The Balaban J connectivity index is 2.28. The molecular weight excluding hydrogens is 315 g/mol. The molecule has 6 heteroatoms. The third kappa shape index (κ3) is 3.29. The second-order valence-electron chi connectivity index (χ2n) is 3.63. The first kappa shape index (κ1) is 13.5. The zero-order chi connectivity index (χ0) is 13.8. The predicted octanol–water partition coefficient (Wildman–Crippen LogP) is 3.14. The summed E-state index contributed by atoms with van der Waals surface area (Å²) in [6.07, 6.45) is 1.43. The number of aromatic nitrogens is 1. The lowest BCUT2D eigenvalue weighted by atomic mass is 10.3. The van der Waals surface area contributed by atoms with Crippen LogP contribution in [0, 0.1) is 5.82 Å². The fraction of sp³-hybridized carbons (Fsp3) is 0.0769. The minimum absolute atomic E-state index is 0.0726. The smallest absolute Gasteiger partial charge is 0.269 e. The number of benzene rings is 1. The van der Waals surface area contributed by atoms with Crippen LogP contribution in [0.5, 0.6) is 11.5 Å². The molecule has 0 aliphatic carbocycles. The lowest BCUT2D eigenvalue weighted by molar-refractivity contribution is 0.0958. The number of nitrogens with one attached hydrogen (secondary N) is 1. The molecule has 4 nitrogen and oxygen atoms in total. The Bertz CT molecular complexity index is 619. The van der Waals surface area contributed by atoms with Gasteiger partial charge < -0.3 is 10.1 Å². The number of amides is 1. The summed E-state index contributed by atoms with van der Waals surface area (Å²) in [5.41, 5.74) is 0.204. The molecule has 0 aliphatic heterocycles. The Morgan fingerprint density at radius 2 is 2.16 bits per heavy atom. The quantitative estimate of drug-likeness (QED) is 0.943. The second kappa shape index (κ2) is 5.79. The topological polar surface area (TPSA) is 51.2 Å². The Hall–Kier alpha value is -1.95. The van der Waals surface area contributed by atoms with E-state index in [1.165, 1.54) is 31.4 Å². The number of hydrogen-bond acceptors (Lipinski definition) is 3. The molecule has 1 aromatic carbocycles. The Morgan fingerprint density at radius 1 is 1.37 bits per heavy atom. The van der Waals surface area contributed by atoms with Gasteiger partial charge in [0.15, 0.2) is 11.6 Å². The van der Waals surface area contributed by atoms with Crippen LogP contribution >= 0.6 is 15.9 Å². The average Bonchev–Trinajstić information content (AvgIpc) is 2.42. The van der Waals surface area contributed by atoms with E-state index in [1.54, 1.807) is 12.1 Å². The number of halogens is 2. The van der Waals surface area contributed by atoms with Gasteiger partial charge in [0.25, 0.3) is 5.91 Å². The lowest BCUT2D eigenvalue weighted by Crippen LogP contribution is -2.18. The van der Waals surface area contributed by atoms with Crippen molar-refractivity contribution in [1.29, 1.82) is 0 Å². The summed E-state index contributed by atoms with van der Waals surface area (Å²) >= 11 is 3.24. The van der Waals surface area contributed by atoms with E-state index in [0.29, 0.717) is 10.2 Å². The van der Waals surface area contributed by atoms with Gasteiger partial charge in [0.05, 0.1) is 0 Å². The van der Waals surface area contributed by atoms with E-state index in [4.69, 9.17) is 4.74 Å². The van der Waals surface area contributed by atoms with Crippen molar-refractivity contribution in [3.63, 3.8) is 0 Å². The summed E-state index contributed by atoms with van der Waals surface area (Å²) in [5, 5.41) is 2.45. The van der Waals surface area contributed by atoms with Gasteiger partial charge in [-0.1, -0.05) is 15.9 Å². The fourth-order valence-corrected chi connectivity index (χ4v) is 1.75. The van der Waals surface area contributed by atoms with E-state index < -0.39 is 5.82 Å². The molecule has 0 radical (unpaired) electrons. The van der Waals surface area contributed by atoms with E-state index in [-0.39, 0.29) is 17.4 Å². The van der Waals surface area contributed by atoms with Gasteiger partial charge in [-0.15, -0.1) is 0 Å². The third-order valence-electron chi connectivity index (χ3n) is 2.31. The zero-order valence-electron chi connectivity index (χ0n) is 9.98. The Labute approximate surface area is 117 Å². The average molecular weight is 325 g/mol. The SMILES string of the molecule is CNC(=O)c1cc(Oc2cc(Br)ccc2F)ccn1. The van der Waals surface area contributed by atoms with Gasteiger partial charge in [-0.25, -0.2) is 4.39 Å². The van der Waals surface area contributed by atoms with Crippen molar-refractivity contribution in [2.75, 3.05) is 7.05 Å². The zero-order valence-corrected chi connectivity index (χ0v) is 11.6. The number of carbonyl (C=O) groups is 1. The number of ether oxygens (including phenoxy) is 1. The molecule has 19 heavy (non-hydrogen) atoms. The normalized spacial score (nSPS) is 10.1. The summed E-state index contributed by atoms with van der Waals surface area (Å²) in [6.45, 7) is 0. The summed E-state index contributed by atoms with van der Waals surface area (Å²) in [4.78, 5) is 15.3. The van der Waals surface area contributed by atoms with Crippen molar-refractivity contribution < 1.29 is 13.9 Å². The maximum Gasteiger partial charge on any atom is 0.269 e. The summed E-state index contributed by atoms with van der Waals surface area (Å²) in [5.74, 6) is -0.407. The maximum absolute atomic E-state index is 13.5. The maximum atomic E-state index is 13.5. The number of hydrogen-bond donors (Lipinski definition) is 1. The molecule has 1 aromatic heterocycles. The third-order valence-corrected chi connectivity index (χ3v) is 2.81. The molecule has 2 rings (SSSR count). The van der Waals surface area contributed by atoms with Crippen molar-refractivity contribution >= 4 is 21.8 Å². The van der Waals surface area contributed by atoms with Crippen LogP contribution in [0.2, 0.25) is 0 Å². The van der Waals surface area contributed by atoms with Crippen molar-refractivity contribution in [3.05, 3.63) is 52.5 Å². The minimum Gasteiger partial charge on any atom is -0.454 e. The molecule has 2 aromatic rings. The van der Waals surface area contributed by atoms with Crippen LogP contribution in [0.25, 0.3) is 0 Å². The Kier molecular flexibility index (Phi) is 4.11. The molecule has 0 saturated carbocycles. The van der Waals surface area contributed by atoms with Crippen LogP contribution in [-0.2, 0) is 0 Å². The van der Waals surface area contributed by atoms with E-state index in [9.17, 15) is 9.18 Å². The van der Waals surface area contributed by atoms with E-state index in [0.717, 1.165) is 0 Å². The van der Waals surface area contributed by atoms with E-state index in [2.05, 4.69) is 26.2 Å². The van der Waals surface area contributed by atoms with Crippen molar-refractivity contribution in [1.82, 2.24) is 10.3 Å². The summed E-state index contributed by atoms with van der Waals surface area (Å²) in [6, 6.07) is 7.37. The van der Waals surface area contributed by atoms with Crippen LogP contribution in [0.3, 0.4) is 0 Å². The first-order chi connectivity index (χ1) is 9.10. The largest absolute Gasteiger partial charge is 0.454 e. The monoisotopic (exact) mass is 324 g/mol. The first-order valence-corrected chi connectivity index (χ1v) is 6.20. The van der Waals surface area contributed by atoms with E-state index >= 15 is 0 Å². The molecule has 0 spiro atoms. The number of nitrogens with zero attached hydrogens (tertiary/aromatic N) is 1. The molecule has 1 amide bonds. The number of pyridine rings is 1. The van der Waals surface area contributed by atoms with Gasteiger partial charge in [-0.2, -0.15) is 0 Å². The fourth-order valence-electron chi connectivity index (χ4n) is 1.41. The molecule has 0 fully saturated rings. The highest BCUT2D eigenvalue weighted by Gasteiger charge is 2.09. The molecular formula is C13H10BrFN2O2. The molecule has 1 N–H and O–H groups in total. The minimum atomic E-state index is -0.485. The number of carbonyl (C=O) groups excluding carboxylic acids is 1. The van der Waals surface area contributed by atoms with Crippen LogP contribution in [-0.4, -0.2) is 17.9 Å². The summed E-state index contributed by atoms with van der Waals surface area (Å²) in [7, 11) is 1.51. The van der Waals surface area contributed by atoms with Gasteiger partial charge in [-0.3, -0.25) is 9.78 Å². The predicted molar refractivity (Wildman–Crippen MR) is 71.8 cm³/mol. The lowest BCUT2D eigenvalue weighted by Gasteiger charge is -2.08. The molecule has 98 valence electrons. The van der Waals surface area contributed by atoms with Gasteiger partial charge in [0, 0.05) is 23.8 Å². The molecule has 1 heterocycles. The highest BCUT2D eigenvalue weighted by molar-refractivity contribution is 9.10. The van der Waals surface area contributed by atoms with Gasteiger partial charge >= 0.3 is 0 Å². The number of rotatable bonds is 3. The molecule has 0 aliphatic rings. The van der Waals surface area contributed by atoms with Gasteiger partial charge in [-0.05, 0) is 24.3 Å². The van der Waals surface area contributed by atoms with Crippen molar-refractivity contribution in [3.8, 4) is 11.5 Å². The van der Waals surface area contributed by atoms with Crippen molar-refractivity contribution in [2.24, 2.45) is 0 Å². The highest BCUT2D eigenvalue weighted by Crippen LogP contribution is 2.27. The highest BCUT2D eigenvalue weighted by atomic mass is 79.9. The van der Waals surface area contributed by atoms with Gasteiger partial charge in [0.2, 0.25) is 0 Å².